The number of benzene rings is 8. The topological polar surface area (TPSA) is 19.6 Å². The van der Waals surface area contributed by atoms with Gasteiger partial charge in [-0.3, -0.25) is 0 Å². The molecule has 82 heavy (non-hydrogen) atoms. The van der Waals surface area contributed by atoms with Gasteiger partial charge in [-0.25, -0.2) is 0 Å². The third-order valence-electron chi connectivity index (χ3n) is 22.8. The number of rotatable bonds is 5. The molecular formula is C78H83BN2O. The summed E-state index contributed by atoms with van der Waals surface area (Å²) in [5.41, 5.74) is 28.4. The Morgan fingerprint density at radius 2 is 1.09 bits per heavy atom. The van der Waals surface area contributed by atoms with Crippen molar-refractivity contribution in [2.45, 2.75) is 186 Å². The van der Waals surface area contributed by atoms with Crippen molar-refractivity contribution in [3.63, 3.8) is 0 Å². The van der Waals surface area contributed by atoms with Gasteiger partial charge in [-0.15, -0.1) is 0 Å². The molecule has 3 heterocycles. The van der Waals surface area contributed by atoms with Crippen LogP contribution in [0, 0.1) is 5.41 Å². The van der Waals surface area contributed by atoms with E-state index in [-0.39, 0.29) is 50.5 Å². The van der Waals surface area contributed by atoms with Crippen molar-refractivity contribution < 1.29 is 4.42 Å². The van der Waals surface area contributed by atoms with E-state index in [1.54, 1.807) is 11.1 Å². The highest BCUT2D eigenvalue weighted by molar-refractivity contribution is 6.99. The first-order valence-electron chi connectivity index (χ1n) is 31.3. The Labute approximate surface area is 489 Å². The van der Waals surface area contributed by atoms with Crippen LogP contribution in [0.25, 0.3) is 33.1 Å². The van der Waals surface area contributed by atoms with Gasteiger partial charge in [-0.2, -0.15) is 0 Å². The van der Waals surface area contributed by atoms with Crippen molar-refractivity contribution in [3.05, 3.63) is 196 Å². The van der Waals surface area contributed by atoms with Crippen LogP contribution in [0.4, 0.5) is 34.1 Å². The van der Waals surface area contributed by atoms with E-state index in [4.69, 9.17) is 4.42 Å². The van der Waals surface area contributed by atoms with Crippen LogP contribution in [0.15, 0.2) is 156 Å². The fourth-order valence-electron chi connectivity index (χ4n) is 17.4. The summed E-state index contributed by atoms with van der Waals surface area (Å²) < 4.78 is 7.18. The van der Waals surface area contributed by atoms with Crippen LogP contribution in [0.2, 0.25) is 0 Å². The van der Waals surface area contributed by atoms with E-state index in [9.17, 15) is 0 Å². The number of hydrogen-bond donors (Lipinski definition) is 0. The van der Waals surface area contributed by atoms with Crippen LogP contribution in [0.5, 0.6) is 0 Å². The molecule has 414 valence electrons. The van der Waals surface area contributed by atoms with Crippen LogP contribution in [-0.2, 0) is 32.5 Å². The van der Waals surface area contributed by atoms with Gasteiger partial charge in [-0.05, 0) is 204 Å². The number of anilines is 6. The summed E-state index contributed by atoms with van der Waals surface area (Å²) in [4.78, 5) is 5.29. The van der Waals surface area contributed by atoms with Gasteiger partial charge in [0.05, 0.1) is 5.69 Å². The molecule has 8 aromatic carbocycles. The molecule has 3 unspecified atom stereocenters. The van der Waals surface area contributed by atoms with Gasteiger partial charge in [0, 0.05) is 45.1 Å². The molecule has 1 aromatic heterocycles. The van der Waals surface area contributed by atoms with Gasteiger partial charge in [0.2, 0.25) is 6.71 Å². The zero-order valence-corrected chi connectivity index (χ0v) is 51.3. The minimum atomic E-state index is -0.0394. The first-order chi connectivity index (χ1) is 39.0. The Morgan fingerprint density at radius 3 is 1.76 bits per heavy atom. The van der Waals surface area contributed by atoms with Crippen LogP contribution >= 0.6 is 0 Å². The molecule has 2 aliphatic heterocycles. The molecule has 1 saturated carbocycles. The normalized spacial score (nSPS) is 23.1. The molecule has 0 N–H and O–H groups in total. The predicted octanol–water partition coefficient (Wildman–Crippen LogP) is 19.7. The lowest BCUT2D eigenvalue weighted by atomic mass is 9.29. The maximum atomic E-state index is 7.18. The van der Waals surface area contributed by atoms with Crippen LogP contribution < -0.4 is 26.2 Å². The fraction of sp³-hybridized carbons (Fsp3) is 0.385. The van der Waals surface area contributed by atoms with Crippen molar-refractivity contribution >= 4 is 79.2 Å². The lowest BCUT2D eigenvalue weighted by Gasteiger charge is -2.59. The zero-order valence-electron chi connectivity index (χ0n) is 51.3. The Kier molecular flexibility index (Phi) is 11.0. The Bertz CT molecular complexity index is 4070. The highest BCUT2D eigenvalue weighted by atomic mass is 16.3. The van der Waals surface area contributed by atoms with E-state index in [1.165, 1.54) is 122 Å². The van der Waals surface area contributed by atoms with E-state index >= 15 is 0 Å². The lowest BCUT2D eigenvalue weighted by Crippen LogP contribution is -2.64. The summed E-state index contributed by atoms with van der Waals surface area (Å²) in [7, 11) is 0. The van der Waals surface area contributed by atoms with Crippen molar-refractivity contribution in [1.82, 2.24) is 0 Å². The molecule has 3 nitrogen and oxygen atoms in total. The summed E-state index contributed by atoms with van der Waals surface area (Å²) in [6, 6.07) is 60.0. The molecule has 0 amide bonds. The predicted molar refractivity (Wildman–Crippen MR) is 349 cm³/mol. The molecule has 4 aliphatic carbocycles. The van der Waals surface area contributed by atoms with Crippen molar-refractivity contribution in [2.24, 2.45) is 5.41 Å². The van der Waals surface area contributed by atoms with E-state index in [0.717, 1.165) is 52.6 Å². The summed E-state index contributed by atoms with van der Waals surface area (Å²) in [5.74, 6) is 0.264. The largest absolute Gasteiger partial charge is 0.454 e. The molecule has 3 atom stereocenters. The van der Waals surface area contributed by atoms with Crippen LogP contribution in [0.1, 0.15) is 198 Å². The van der Waals surface area contributed by atoms with E-state index in [1.807, 2.05) is 0 Å². The van der Waals surface area contributed by atoms with E-state index < -0.39 is 0 Å². The summed E-state index contributed by atoms with van der Waals surface area (Å²) in [6.45, 7) is 32.4. The molecular weight excluding hydrogens is 992 g/mol. The van der Waals surface area contributed by atoms with Crippen LogP contribution in [0.3, 0.4) is 0 Å². The summed E-state index contributed by atoms with van der Waals surface area (Å²) in [5, 5.41) is 2.29. The molecule has 15 rings (SSSR count). The maximum Gasteiger partial charge on any atom is 0.247 e. The molecule has 4 heteroatoms. The lowest BCUT2D eigenvalue weighted by molar-refractivity contribution is 0.0602. The molecule has 1 fully saturated rings. The summed E-state index contributed by atoms with van der Waals surface area (Å²) >= 11 is 0. The van der Waals surface area contributed by atoms with Crippen molar-refractivity contribution in [3.8, 4) is 11.1 Å². The molecule has 0 bridgehead atoms. The Morgan fingerprint density at radius 1 is 0.488 bits per heavy atom. The molecule has 0 radical (unpaired) electrons. The van der Waals surface area contributed by atoms with Gasteiger partial charge in [0.25, 0.3) is 0 Å². The van der Waals surface area contributed by atoms with E-state index in [0.29, 0.717) is 0 Å². The minimum Gasteiger partial charge on any atom is -0.454 e. The fourth-order valence-corrected chi connectivity index (χ4v) is 17.4. The number of hydrogen-bond acceptors (Lipinski definition) is 3. The van der Waals surface area contributed by atoms with Gasteiger partial charge in [0.1, 0.15) is 5.58 Å². The standard InChI is InChI=1S/C78H83BN2O/c1-72(2,3)50-42-62-69-57(47-77(12)34-19-20-35-78(62,77)13)56-40-49(48-22-15-14-16-23-48)41-67-70(56)79(64(69)43-50)63-33-30-53(46-66(63)81(67)65-26-21-25-55-54-24-17-18-27-68(54)82-71(55)65)80(51-28-31-58-60(44-51)75(8,9)38-36-73(58,4)5)52-29-32-59-61(45-52)76(10,11)39-37-74(59,6)7/h14-18,21-33,40-46,57H,19-20,34-39,47H2,1-13H3. The highest BCUT2D eigenvalue weighted by Gasteiger charge is 2.57. The van der Waals surface area contributed by atoms with Crippen LogP contribution in [-0.4, -0.2) is 6.71 Å². The smallest absolute Gasteiger partial charge is 0.247 e. The SMILES string of the molecule is CC(C)(C)c1cc2c3c(c1)C1(C)CCCCC1(C)CC3c1cc(-c3ccccc3)cc3c1B2c1ccc(N(c2ccc4c(c2)C(C)(C)CCC4(C)C)c2ccc4c(c2)C(C)(C)CCC4(C)C)cc1N3c1cccc2c1oc1ccccc12. The zero-order chi connectivity index (χ0) is 56.8. The van der Waals surface area contributed by atoms with Gasteiger partial charge in [-0.1, -0.05) is 205 Å². The second kappa shape index (κ2) is 17.4. The number of fused-ring (bicyclic) bond motifs is 11. The number of para-hydroxylation sites is 2. The van der Waals surface area contributed by atoms with Crippen molar-refractivity contribution in [1.29, 1.82) is 0 Å². The average Bonchev–Trinajstić information content (AvgIpc) is 0.918. The third-order valence-corrected chi connectivity index (χ3v) is 22.8. The minimum absolute atomic E-state index is 0.0147. The van der Waals surface area contributed by atoms with Gasteiger partial charge in [0.15, 0.2) is 5.58 Å². The first-order valence-corrected chi connectivity index (χ1v) is 31.3. The average molecular weight is 1080 g/mol. The number of furan rings is 1. The van der Waals surface area contributed by atoms with Crippen molar-refractivity contribution in [2.75, 3.05) is 9.80 Å². The third kappa shape index (κ3) is 7.46. The van der Waals surface area contributed by atoms with Gasteiger partial charge >= 0.3 is 0 Å². The highest BCUT2D eigenvalue weighted by Crippen LogP contribution is 2.63. The Balaban J connectivity index is 1.06. The summed E-state index contributed by atoms with van der Waals surface area (Å²) in [6.07, 6.45) is 10.9. The molecule has 0 spiro atoms. The number of nitrogens with zero attached hydrogens (tertiary/aromatic N) is 2. The molecule has 6 aliphatic rings. The first kappa shape index (κ1) is 52.1. The molecule has 0 saturated heterocycles. The maximum absolute atomic E-state index is 7.18. The quantitative estimate of drug-likeness (QED) is 0.160. The van der Waals surface area contributed by atoms with E-state index in [2.05, 4.69) is 251 Å². The second-order valence-electron chi connectivity index (χ2n) is 30.6. The Hall–Kier alpha value is -6.78. The second-order valence-corrected chi connectivity index (χ2v) is 30.6. The monoisotopic (exact) mass is 1070 g/mol. The van der Waals surface area contributed by atoms with Gasteiger partial charge < -0.3 is 14.2 Å². The molecule has 9 aromatic rings.